The Morgan fingerprint density at radius 3 is 1.51 bits per heavy atom. The maximum Gasteiger partial charge on any atom is 0.220 e. The van der Waals surface area contributed by atoms with E-state index in [1.165, 1.54) is 77.0 Å². The van der Waals surface area contributed by atoms with Gasteiger partial charge in [-0.25, -0.2) is 0 Å². The van der Waals surface area contributed by atoms with Crippen LogP contribution in [0.5, 0.6) is 0 Å². The summed E-state index contributed by atoms with van der Waals surface area (Å²) in [5, 5.41) is 68.1. The fourth-order valence-corrected chi connectivity index (χ4v) is 7.57. The summed E-state index contributed by atoms with van der Waals surface area (Å²) >= 11 is 0. The lowest BCUT2D eigenvalue weighted by Crippen LogP contribution is -2.60. The first kappa shape index (κ1) is 53.6. The quantitative estimate of drug-likeness (QED) is 0.0303. The van der Waals surface area contributed by atoms with E-state index in [9.17, 15) is 40.2 Å². The SMILES string of the molecule is CCCCCCCCCCCCCCC(O)C(O)C(CO[C@H]1O[C@H](CO)[C@H](O)[C@H](O)[C@H]1O)NC(=O)CCCCCCCCCCCNC(=O)CCCCCCCC. The van der Waals surface area contributed by atoms with Crippen LogP contribution in [0.25, 0.3) is 0 Å². The molecule has 0 aromatic carbocycles. The summed E-state index contributed by atoms with van der Waals surface area (Å²) in [5.41, 5.74) is 0. The number of amides is 2. The van der Waals surface area contributed by atoms with Gasteiger partial charge >= 0.3 is 0 Å². The molecular weight excluding hydrogens is 728 g/mol. The number of hydrogen-bond donors (Lipinski definition) is 8. The molecule has 1 saturated heterocycles. The zero-order valence-electron chi connectivity index (χ0n) is 36.3. The third kappa shape index (κ3) is 27.2. The van der Waals surface area contributed by atoms with Crippen molar-refractivity contribution < 1.29 is 49.7 Å². The second-order valence-corrected chi connectivity index (χ2v) is 16.7. The van der Waals surface area contributed by atoms with Crippen molar-refractivity contribution in [1.82, 2.24) is 10.6 Å². The molecule has 2 amide bonds. The lowest BCUT2D eigenvalue weighted by molar-refractivity contribution is -0.303. The molecule has 0 aromatic heterocycles. The van der Waals surface area contributed by atoms with E-state index in [4.69, 9.17) is 9.47 Å². The van der Waals surface area contributed by atoms with Crippen LogP contribution in [-0.2, 0) is 19.1 Å². The van der Waals surface area contributed by atoms with Gasteiger partial charge in [0.1, 0.15) is 30.5 Å². The third-order valence-corrected chi connectivity index (χ3v) is 11.5. The second kappa shape index (κ2) is 36.5. The standard InChI is InChI=1S/C45H88N2O10/c1-3-5-7-9-11-12-13-14-16-19-22-26-30-37(49)41(52)36(35-56-45-44(55)43(54)42(53)38(34-48)57-45)47-40(51)32-28-24-20-17-15-18-21-25-29-33-46-39(50)31-27-23-10-8-6-4-2/h36-38,41-45,48-49,52-55H,3-35H2,1-2H3,(H,46,50)(H,47,51)/t36?,37?,38-,41?,42+,43+,44-,45+/m1/s1. The molecule has 0 bridgehead atoms. The first-order valence-corrected chi connectivity index (χ1v) is 23.5. The number of aliphatic hydroxyl groups is 6. The fourth-order valence-electron chi connectivity index (χ4n) is 7.57. The number of hydrogen-bond acceptors (Lipinski definition) is 10. The fraction of sp³-hybridized carbons (Fsp3) is 0.956. The third-order valence-electron chi connectivity index (χ3n) is 11.5. The van der Waals surface area contributed by atoms with Crippen LogP contribution >= 0.6 is 0 Å². The Balaban J connectivity index is 2.36. The van der Waals surface area contributed by atoms with Crippen LogP contribution in [0.4, 0.5) is 0 Å². The number of rotatable bonds is 39. The molecule has 8 N–H and O–H groups in total. The Bertz CT molecular complexity index is 944. The Kier molecular flexibility index (Phi) is 34.3. The molecule has 1 rings (SSSR count). The number of nitrogens with one attached hydrogen (secondary N) is 2. The molecule has 0 aromatic rings. The van der Waals surface area contributed by atoms with Gasteiger partial charge in [0.25, 0.3) is 0 Å². The van der Waals surface area contributed by atoms with Gasteiger partial charge in [-0.1, -0.05) is 168 Å². The molecule has 1 fully saturated rings. The van der Waals surface area contributed by atoms with E-state index in [2.05, 4.69) is 24.5 Å². The molecule has 3 unspecified atom stereocenters. The van der Waals surface area contributed by atoms with Crippen molar-refractivity contribution in [1.29, 1.82) is 0 Å². The van der Waals surface area contributed by atoms with Gasteiger partial charge in [0.15, 0.2) is 6.29 Å². The minimum atomic E-state index is -1.62. The van der Waals surface area contributed by atoms with E-state index in [0.29, 0.717) is 19.3 Å². The van der Waals surface area contributed by atoms with E-state index < -0.39 is 55.6 Å². The maximum absolute atomic E-state index is 13.0. The van der Waals surface area contributed by atoms with E-state index in [1.54, 1.807) is 0 Å². The molecule has 338 valence electrons. The van der Waals surface area contributed by atoms with Crippen molar-refractivity contribution in [3.05, 3.63) is 0 Å². The topological polar surface area (TPSA) is 198 Å². The average molecular weight is 817 g/mol. The summed E-state index contributed by atoms with van der Waals surface area (Å²) < 4.78 is 11.1. The van der Waals surface area contributed by atoms with Gasteiger partial charge < -0.3 is 50.7 Å². The van der Waals surface area contributed by atoms with Crippen LogP contribution in [0.3, 0.4) is 0 Å². The summed E-state index contributed by atoms with van der Waals surface area (Å²) in [6, 6.07) is -1.01. The van der Waals surface area contributed by atoms with Crippen molar-refractivity contribution in [2.75, 3.05) is 19.8 Å². The lowest BCUT2D eigenvalue weighted by Gasteiger charge is -2.40. The zero-order chi connectivity index (χ0) is 41.9. The van der Waals surface area contributed by atoms with Gasteiger partial charge in [-0.3, -0.25) is 9.59 Å². The van der Waals surface area contributed by atoms with Gasteiger partial charge in [-0.2, -0.15) is 0 Å². The molecular formula is C45H88N2O10. The number of unbranched alkanes of at least 4 members (excludes halogenated alkanes) is 24. The van der Waals surface area contributed by atoms with Crippen molar-refractivity contribution in [3.63, 3.8) is 0 Å². The lowest BCUT2D eigenvalue weighted by atomic mass is 9.98. The Morgan fingerprint density at radius 1 is 0.579 bits per heavy atom. The molecule has 57 heavy (non-hydrogen) atoms. The maximum atomic E-state index is 13.0. The molecule has 1 heterocycles. The molecule has 0 aliphatic carbocycles. The number of ether oxygens (including phenoxy) is 2. The van der Waals surface area contributed by atoms with E-state index in [1.807, 2.05) is 0 Å². The van der Waals surface area contributed by atoms with E-state index in [-0.39, 0.29) is 24.8 Å². The molecule has 0 saturated carbocycles. The van der Waals surface area contributed by atoms with Crippen LogP contribution < -0.4 is 10.6 Å². The molecule has 12 nitrogen and oxygen atoms in total. The molecule has 1 aliphatic rings. The highest BCUT2D eigenvalue weighted by molar-refractivity contribution is 5.76. The van der Waals surface area contributed by atoms with Crippen molar-refractivity contribution in [3.8, 4) is 0 Å². The minimum Gasteiger partial charge on any atom is -0.394 e. The Hall–Kier alpha value is -1.38. The number of carbonyl (C=O) groups is 2. The van der Waals surface area contributed by atoms with Crippen LogP contribution in [0.15, 0.2) is 0 Å². The van der Waals surface area contributed by atoms with Gasteiger partial charge in [-0.15, -0.1) is 0 Å². The smallest absolute Gasteiger partial charge is 0.220 e. The van der Waals surface area contributed by atoms with Gasteiger partial charge in [-0.05, 0) is 25.7 Å². The largest absolute Gasteiger partial charge is 0.394 e. The average Bonchev–Trinajstić information content (AvgIpc) is 3.20. The van der Waals surface area contributed by atoms with Crippen LogP contribution in [0.1, 0.15) is 206 Å². The second-order valence-electron chi connectivity index (χ2n) is 16.7. The predicted octanol–water partition coefficient (Wildman–Crippen LogP) is 6.87. The van der Waals surface area contributed by atoms with Crippen molar-refractivity contribution in [2.45, 2.75) is 255 Å². The Labute approximate surface area is 346 Å². The summed E-state index contributed by atoms with van der Waals surface area (Å²) in [4.78, 5) is 25.0. The first-order chi connectivity index (χ1) is 27.7. The number of aliphatic hydroxyl groups excluding tert-OH is 6. The normalized spacial score (nSPS) is 21.3. The summed E-state index contributed by atoms with van der Waals surface area (Å²) in [6.45, 7) is 4.27. The summed E-state index contributed by atoms with van der Waals surface area (Å²) in [6.07, 6.45) is 22.1. The van der Waals surface area contributed by atoms with Gasteiger partial charge in [0.2, 0.25) is 11.8 Å². The van der Waals surface area contributed by atoms with Crippen molar-refractivity contribution in [2.24, 2.45) is 0 Å². The van der Waals surface area contributed by atoms with Crippen molar-refractivity contribution >= 4 is 11.8 Å². The molecule has 0 radical (unpaired) electrons. The summed E-state index contributed by atoms with van der Waals surface area (Å²) in [5.74, 6) is -0.108. The highest BCUT2D eigenvalue weighted by Crippen LogP contribution is 2.23. The van der Waals surface area contributed by atoms with Gasteiger partial charge in [0.05, 0.1) is 25.4 Å². The predicted molar refractivity (Wildman–Crippen MR) is 227 cm³/mol. The Morgan fingerprint density at radius 2 is 1.02 bits per heavy atom. The van der Waals surface area contributed by atoms with E-state index in [0.717, 1.165) is 96.4 Å². The number of carbonyl (C=O) groups excluding carboxylic acids is 2. The first-order valence-electron chi connectivity index (χ1n) is 23.5. The van der Waals surface area contributed by atoms with Crippen LogP contribution in [0, 0.1) is 0 Å². The van der Waals surface area contributed by atoms with Crippen LogP contribution in [0.2, 0.25) is 0 Å². The highest BCUT2D eigenvalue weighted by Gasteiger charge is 2.44. The molecule has 1 aliphatic heterocycles. The highest BCUT2D eigenvalue weighted by atomic mass is 16.7. The van der Waals surface area contributed by atoms with Gasteiger partial charge in [0, 0.05) is 19.4 Å². The van der Waals surface area contributed by atoms with Crippen LogP contribution in [-0.4, -0.2) is 111 Å². The van der Waals surface area contributed by atoms with E-state index >= 15 is 0 Å². The molecule has 0 spiro atoms. The summed E-state index contributed by atoms with van der Waals surface area (Å²) in [7, 11) is 0. The molecule has 8 atom stereocenters. The monoisotopic (exact) mass is 817 g/mol. The molecule has 12 heteroatoms. The minimum absolute atomic E-state index is 0.176. The zero-order valence-corrected chi connectivity index (χ0v) is 36.3.